The van der Waals surface area contributed by atoms with Crippen molar-refractivity contribution in [1.29, 1.82) is 0 Å². The molecule has 1 saturated heterocycles. The van der Waals surface area contributed by atoms with Crippen LogP contribution in [0.25, 0.3) is 0 Å². The Morgan fingerprint density at radius 3 is 2.08 bits per heavy atom. The molecule has 0 bridgehead atoms. The molecule has 1 aliphatic rings. The molecular formula is C55H75ClN6O17. The van der Waals surface area contributed by atoms with Crippen LogP contribution < -0.4 is 20.2 Å². The highest BCUT2D eigenvalue weighted by molar-refractivity contribution is 6.32. The Morgan fingerprint density at radius 1 is 0.848 bits per heavy atom. The van der Waals surface area contributed by atoms with Gasteiger partial charge in [0.05, 0.1) is 116 Å². The van der Waals surface area contributed by atoms with Gasteiger partial charge in [-0.05, 0) is 66.0 Å². The van der Waals surface area contributed by atoms with Crippen molar-refractivity contribution >= 4 is 41.3 Å². The van der Waals surface area contributed by atoms with Crippen LogP contribution in [-0.2, 0) is 76.7 Å². The van der Waals surface area contributed by atoms with Crippen LogP contribution in [0.5, 0.6) is 17.5 Å². The van der Waals surface area contributed by atoms with E-state index in [1.54, 1.807) is 29.0 Å². The average Bonchev–Trinajstić information content (AvgIpc) is 4.04. The molecule has 1 aliphatic heterocycles. The first kappa shape index (κ1) is 63.2. The summed E-state index contributed by atoms with van der Waals surface area (Å²) in [6.45, 7) is 11.6. The standard InChI is InChI=1S/C55H75ClN6O17/c1-36(2)28-47(54(68)69)78-55(70)38(4)31-57-53(67)45(30-40-12-15-46(71-5)44(56)29-40)58-48(63)9-7-6-8-37(3)52-43(35-77-52)41-13-10-39(11-14-41)32-61-33-42(59-60-61)34-76-27-26-75-25-24-74-23-22-73-21-20-72-19-18-51(66)79-62-49(64)16-17-50(62)65/h7,9-17,29,33,36-38,43,45,47,52,64-65H,6,8,18-28,30-32,34-35H2,1-5H3,(H,57,67)(H,58,63)(H,68,69). The fraction of sp³-hybridized carbons (Fsp3) is 0.545. The Balaban J connectivity index is 0.931. The monoisotopic (exact) mass is 1130 g/mol. The van der Waals surface area contributed by atoms with Crippen LogP contribution >= 0.6 is 11.6 Å². The van der Waals surface area contributed by atoms with Gasteiger partial charge in [-0.15, -0.1) is 9.83 Å². The minimum Gasteiger partial charge on any atom is -0.495 e. The molecule has 4 aromatic rings. The summed E-state index contributed by atoms with van der Waals surface area (Å²) in [5.74, 6) is -4.49. The second-order valence-electron chi connectivity index (χ2n) is 19.3. The van der Waals surface area contributed by atoms with E-state index in [1.165, 1.54) is 37.8 Å². The van der Waals surface area contributed by atoms with Crippen molar-refractivity contribution in [3.05, 3.63) is 100 Å². The van der Waals surface area contributed by atoms with E-state index in [-0.39, 0.29) is 62.9 Å². The molecule has 2 amide bonds. The fourth-order valence-corrected chi connectivity index (χ4v) is 8.38. The van der Waals surface area contributed by atoms with Gasteiger partial charge in [0, 0.05) is 31.0 Å². The number of halogens is 1. The third-order valence-electron chi connectivity index (χ3n) is 12.5. The third kappa shape index (κ3) is 22.2. The first-order valence-corrected chi connectivity index (χ1v) is 26.7. The van der Waals surface area contributed by atoms with Crippen molar-refractivity contribution in [2.45, 2.75) is 97.1 Å². The summed E-state index contributed by atoms with van der Waals surface area (Å²) in [5.41, 5.74) is 3.60. The van der Waals surface area contributed by atoms with Gasteiger partial charge in [0.25, 0.3) is 0 Å². The Morgan fingerprint density at radius 2 is 1.48 bits per heavy atom. The average molecular weight is 1130 g/mol. The summed E-state index contributed by atoms with van der Waals surface area (Å²) in [5, 5.41) is 42.8. The van der Waals surface area contributed by atoms with Crippen LogP contribution in [-0.4, -0.2) is 163 Å². The number of methoxy groups -OCH3 is 1. The number of allylic oxidation sites excluding steroid dienone is 1. The molecule has 5 rings (SSSR count). The number of ether oxygens (including phenoxy) is 8. The maximum absolute atomic E-state index is 13.5. The van der Waals surface area contributed by atoms with Crippen LogP contribution in [0.15, 0.2) is 72.9 Å². The maximum atomic E-state index is 13.5. The van der Waals surface area contributed by atoms with Gasteiger partial charge in [0.2, 0.25) is 23.6 Å². The molecule has 6 unspecified atom stereocenters. The highest BCUT2D eigenvalue weighted by atomic mass is 35.5. The fourth-order valence-electron chi connectivity index (χ4n) is 8.10. The summed E-state index contributed by atoms with van der Waals surface area (Å²) < 4.78 is 46.5. The number of aromatic nitrogens is 4. The second-order valence-corrected chi connectivity index (χ2v) is 19.8. The summed E-state index contributed by atoms with van der Waals surface area (Å²) in [4.78, 5) is 67.7. The van der Waals surface area contributed by atoms with Gasteiger partial charge in [0.15, 0.2) is 6.10 Å². The zero-order valence-electron chi connectivity index (χ0n) is 45.4. The number of nitrogens with one attached hydrogen (secondary N) is 2. The molecule has 79 heavy (non-hydrogen) atoms. The molecule has 3 heterocycles. The summed E-state index contributed by atoms with van der Waals surface area (Å²) >= 11 is 6.36. The Hall–Kier alpha value is -6.60. The molecule has 0 radical (unpaired) electrons. The highest BCUT2D eigenvalue weighted by Crippen LogP contribution is 2.37. The molecule has 0 aliphatic carbocycles. The van der Waals surface area contributed by atoms with E-state index in [1.807, 2.05) is 20.0 Å². The Bertz CT molecular complexity index is 2540. The van der Waals surface area contributed by atoms with Gasteiger partial charge in [-0.25, -0.2) is 14.3 Å². The van der Waals surface area contributed by atoms with Crippen LogP contribution in [0, 0.1) is 17.8 Å². The van der Waals surface area contributed by atoms with Gasteiger partial charge in [-0.2, -0.15) is 0 Å². The van der Waals surface area contributed by atoms with Crippen molar-refractivity contribution in [1.82, 2.24) is 30.4 Å². The molecule has 5 N–H and O–H groups in total. The smallest absolute Gasteiger partial charge is 0.345 e. The number of benzene rings is 2. The molecule has 0 saturated carbocycles. The van der Waals surface area contributed by atoms with E-state index >= 15 is 0 Å². The number of carboxylic acid groups (broad SMARTS) is 1. The lowest BCUT2D eigenvalue weighted by molar-refractivity contribution is -0.167. The topological polar surface area (TPSA) is 289 Å². The summed E-state index contributed by atoms with van der Waals surface area (Å²) in [6.07, 6.45) is 5.25. The number of rotatable bonds is 38. The molecule has 0 spiro atoms. The quantitative estimate of drug-likeness (QED) is 0.0229. The number of carbonyl (C=O) groups is 5. The van der Waals surface area contributed by atoms with Crippen molar-refractivity contribution in [3.8, 4) is 17.5 Å². The number of aromatic hydroxyl groups is 2. The Kier molecular flexibility index (Phi) is 27.0. The lowest BCUT2D eigenvalue weighted by Gasteiger charge is -2.41. The zero-order valence-corrected chi connectivity index (χ0v) is 46.2. The van der Waals surface area contributed by atoms with Crippen molar-refractivity contribution in [3.63, 3.8) is 0 Å². The van der Waals surface area contributed by atoms with Crippen LogP contribution in [0.4, 0.5) is 0 Å². The van der Waals surface area contributed by atoms with Gasteiger partial charge < -0.3 is 68.7 Å². The molecule has 24 heteroatoms. The van der Waals surface area contributed by atoms with Gasteiger partial charge in [0.1, 0.15) is 17.5 Å². The molecule has 434 valence electrons. The van der Waals surface area contributed by atoms with E-state index in [4.69, 9.17) is 54.3 Å². The number of nitrogens with zero attached hydrogens (tertiary/aromatic N) is 4. The minimum absolute atomic E-state index is 0.0103. The maximum Gasteiger partial charge on any atom is 0.345 e. The number of carboxylic acids is 1. The Labute approximate surface area is 464 Å². The number of aliphatic carboxylic acids is 1. The number of esters is 1. The van der Waals surface area contributed by atoms with E-state index in [9.17, 15) is 39.3 Å². The number of hydrogen-bond donors (Lipinski definition) is 5. The van der Waals surface area contributed by atoms with Gasteiger partial charge >= 0.3 is 17.9 Å². The summed E-state index contributed by atoms with van der Waals surface area (Å²) in [6, 6.07) is 14.8. The molecular weight excluding hydrogens is 1050 g/mol. The molecule has 2 aromatic carbocycles. The zero-order chi connectivity index (χ0) is 57.1. The van der Waals surface area contributed by atoms with Crippen molar-refractivity contribution in [2.75, 3.05) is 79.7 Å². The molecule has 2 aromatic heterocycles. The number of carbonyl (C=O) groups excluding carboxylic acids is 4. The van der Waals surface area contributed by atoms with Crippen molar-refractivity contribution < 1.29 is 82.0 Å². The first-order valence-electron chi connectivity index (χ1n) is 26.3. The largest absolute Gasteiger partial charge is 0.495 e. The van der Waals surface area contributed by atoms with E-state index < -0.39 is 59.5 Å². The third-order valence-corrected chi connectivity index (χ3v) is 12.8. The normalized spacial score (nSPS) is 15.7. The van der Waals surface area contributed by atoms with E-state index in [0.717, 1.165) is 12.0 Å². The van der Waals surface area contributed by atoms with Crippen LogP contribution in [0.3, 0.4) is 0 Å². The molecule has 23 nitrogen and oxygen atoms in total. The summed E-state index contributed by atoms with van der Waals surface area (Å²) in [7, 11) is 1.49. The molecule has 6 atom stereocenters. The first-order chi connectivity index (χ1) is 38.0. The van der Waals surface area contributed by atoms with Crippen LogP contribution in [0.2, 0.25) is 5.02 Å². The molecule has 1 fully saturated rings. The van der Waals surface area contributed by atoms with Gasteiger partial charge in [-0.3, -0.25) is 14.4 Å². The number of hydrogen-bond acceptors (Lipinski definition) is 18. The second kappa shape index (κ2) is 33.7. The van der Waals surface area contributed by atoms with E-state index in [2.05, 4.69) is 52.1 Å². The number of amides is 2. The van der Waals surface area contributed by atoms with Crippen molar-refractivity contribution in [2.24, 2.45) is 17.8 Å². The highest BCUT2D eigenvalue weighted by Gasteiger charge is 2.37. The minimum atomic E-state index is -1.30. The van der Waals surface area contributed by atoms with E-state index in [0.29, 0.717) is 99.2 Å². The lowest BCUT2D eigenvalue weighted by atomic mass is 9.81. The van der Waals surface area contributed by atoms with Crippen LogP contribution in [0.1, 0.15) is 81.7 Å². The predicted molar refractivity (Wildman–Crippen MR) is 285 cm³/mol. The van der Waals surface area contributed by atoms with Gasteiger partial charge in [-0.1, -0.05) is 80.9 Å². The lowest BCUT2D eigenvalue weighted by Crippen LogP contribution is -2.49. The SMILES string of the molecule is COc1ccc(CC(NC(=O)C=CCCC(C)C2OCC2c2ccc(Cn3cc(COCCOCCOCCOCCOCCC(=O)On4c(O)ccc4O)nn3)cc2)C(=O)NCC(C)C(=O)OC(CC(C)C)C(=O)O)cc1Cl. The predicted octanol–water partition coefficient (Wildman–Crippen LogP) is 4.81.